The maximum atomic E-state index is 11.2. The molecule has 2 heteroatoms. The number of hydrogen-bond acceptors (Lipinski definition) is 2. The molecule has 1 N–H and O–H groups in total. The summed E-state index contributed by atoms with van der Waals surface area (Å²) in [6.45, 7) is 0. The normalized spacial score (nSPS) is 11.0. The highest BCUT2D eigenvalue weighted by atomic mass is 16.5. The molecule has 0 unspecified atom stereocenters. The molecule has 0 aliphatic rings. The van der Waals surface area contributed by atoms with Crippen LogP contribution in [-0.4, -0.2) is 5.11 Å². The molecule has 5 aromatic carbocycles. The average Bonchev–Trinajstić information content (AvgIpc) is 2.91. The number of phenolic OH excluding ortho intramolecular Hbond substituents is 1. The third-order valence-electron chi connectivity index (χ3n) is 6.05. The minimum absolute atomic E-state index is 0.175. The van der Waals surface area contributed by atoms with Gasteiger partial charge in [-0.1, -0.05) is 127 Å². The van der Waals surface area contributed by atoms with E-state index in [2.05, 4.69) is 48.5 Å². The van der Waals surface area contributed by atoms with Crippen molar-refractivity contribution in [1.82, 2.24) is 0 Å². The van der Waals surface area contributed by atoms with E-state index >= 15 is 0 Å². The molecule has 5 aromatic rings. The highest BCUT2D eigenvalue weighted by Gasteiger charge is 2.26. The van der Waals surface area contributed by atoms with Gasteiger partial charge in [0.2, 0.25) is 0 Å². The second kappa shape index (κ2) is 10.1. The van der Waals surface area contributed by atoms with Crippen molar-refractivity contribution in [2.75, 3.05) is 0 Å². The summed E-state index contributed by atoms with van der Waals surface area (Å²) >= 11 is 0. The van der Waals surface area contributed by atoms with Crippen molar-refractivity contribution in [3.63, 3.8) is 0 Å². The summed E-state index contributed by atoms with van der Waals surface area (Å²) in [7, 11) is 0. The van der Waals surface area contributed by atoms with Gasteiger partial charge in [0, 0.05) is 11.5 Å². The molecule has 0 amide bonds. The molecule has 0 saturated heterocycles. The molecule has 0 aliphatic carbocycles. The van der Waals surface area contributed by atoms with Gasteiger partial charge in [-0.3, -0.25) is 0 Å². The van der Waals surface area contributed by atoms with Crippen LogP contribution in [-0.2, 0) is 0 Å². The Labute approximate surface area is 200 Å². The largest absolute Gasteiger partial charge is 0.507 e. The first-order chi connectivity index (χ1) is 16.8. The van der Waals surface area contributed by atoms with E-state index in [1.807, 2.05) is 84.9 Å². The van der Waals surface area contributed by atoms with Gasteiger partial charge in [0.1, 0.15) is 17.6 Å². The fraction of sp³-hybridized carbons (Fsp3) is 0.0625. The van der Waals surface area contributed by atoms with Crippen LogP contribution >= 0.6 is 0 Å². The van der Waals surface area contributed by atoms with E-state index in [-0.39, 0.29) is 17.8 Å². The lowest BCUT2D eigenvalue weighted by atomic mass is 9.84. The molecule has 0 fully saturated rings. The molecule has 0 atom stereocenters. The zero-order valence-electron chi connectivity index (χ0n) is 18.8. The van der Waals surface area contributed by atoms with Gasteiger partial charge in [0.15, 0.2) is 0 Å². The monoisotopic (exact) mass is 442 g/mol. The van der Waals surface area contributed by atoms with Gasteiger partial charge in [0.25, 0.3) is 0 Å². The second-order valence-electron chi connectivity index (χ2n) is 8.26. The fourth-order valence-electron chi connectivity index (χ4n) is 4.45. The molecule has 0 aromatic heterocycles. The first-order valence-corrected chi connectivity index (χ1v) is 11.5. The predicted molar refractivity (Wildman–Crippen MR) is 137 cm³/mol. The van der Waals surface area contributed by atoms with Crippen LogP contribution < -0.4 is 4.74 Å². The van der Waals surface area contributed by atoms with Crippen molar-refractivity contribution >= 4 is 0 Å². The molecule has 5 rings (SSSR count). The van der Waals surface area contributed by atoms with Gasteiger partial charge in [-0.25, -0.2) is 0 Å². The van der Waals surface area contributed by atoms with E-state index in [4.69, 9.17) is 4.74 Å². The van der Waals surface area contributed by atoms with Crippen molar-refractivity contribution in [1.29, 1.82) is 0 Å². The van der Waals surface area contributed by atoms with Gasteiger partial charge in [-0.15, -0.1) is 0 Å². The Kier molecular flexibility index (Phi) is 6.40. The molecular formula is C32H26O2. The zero-order chi connectivity index (χ0) is 23.2. The molecule has 2 nitrogen and oxygen atoms in total. The fourth-order valence-corrected chi connectivity index (χ4v) is 4.45. The van der Waals surface area contributed by atoms with Crippen molar-refractivity contribution in [3.05, 3.63) is 167 Å². The van der Waals surface area contributed by atoms with E-state index in [1.165, 1.54) is 0 Å². The first-order valence-electron chi connectivity index (χ1n) is 11.5. The molecule has 0 saturated carbocycles. The molecule has 0 aliphatic heterocycles. The summed E-state index contributed by atoms with van der Waals surface area (Å²) in [5.74, 6) is 0.705. The minimum atomic E-state index is -0.310. The average molecular weight is 443 g/mol. The summed E-state index contributed by atoms with van der Waals surface area (Å²) in [5, 5.41) is 11.2. The molecule has 0 radical (unpaired) electrons. The number of phenols is 1. The second-order valence-corrected chi connectivity index (χ2v) is 8.26. The van der Waals surface area contributed by atoms with E-state index in [0.717, 1.165) is 27.8 Å². The van der Waals surface area contributed by atoms with Gasteiger partial charge in [0.05, 0.1) is 0 Å². The smallest absolute Gasteiger partial charge is 0.149 e. The maximum Gasteiger partial charge on any atom is 0.149 e. The van der Waals surface area contributed by atoms with Crippen molar-refractivity contribution in [2.45, 2.75) is 12.0 Å². The van der Waals surface area contributed by atoms with Crippen LogP contribution in [0, 0.1) is 0 Å². The number of hydrogen-bond donors (Lipinski definition) is 1. The zero-order valence-corrected chi connectivity index (χ0v) is 18.8. The van der Waals surface area contributed by atoms with Gasteiger partial charge < -0.3 is 9.84 Å². The Morgan fingerprint density at radius 3 is 1.29 bits per heavy atom. The van der Waals surface area contributed by atoms with Crippen LogP contribution in [0.3, 0.4) is 0 Å². The third-order valence-corrected chi connectivity index (χ3v) is 6.05. The number of aromatic hydroxyl groups is 1. The van der Waals surface area contributed by atoms with Crippen LogP contribution in [0.15, 0.2) is 140 Å². The number of rotatable bonds is 7. The predicted octanol–water partition coefficient (Wildman–Crippen LogP) is 7.74. The maximum absolute atomic E-state index is 11.2. The van der Waals surface area contributed by atoms with Gasteiger partial charge in [-0.05, 0) is 34.4 Å². The van der Waals surface area contributed by atoms with Crippen LogP contribution in [0.2, 0.25) is 0 Å². The van der Waals surface area contributed by atoms with E-state index < -0.39 is 0 Å². The molecule has 0 heterocycles. The number of ether oxygens (including phenoxy) is 1. The Hall–Kier alpha value is -4.30. The van der Waals surface area contributed by atoms with E-state index in [1.54, 1.807) is 6.07 Å². The summed E-state index contributed by atoms with van der Waals surface area (Å²) in [6, 6.07) is 46.5. The van der Waals surface area contributed by atoms with Gasteiger partial charge >= 0.3 is 0 Å². The Balaban J connectivity index is 1.66. The van der Waals surface area contributed by atoms with Crippen LogP contribution in [0.1, 0.15) is 39.8 Å². The highest BCUT2D eigenvalue weighted by molar-refractivity contribution is 5.55. The molecule has 166 valence electrons. The third kappa shape index (κ3) is 4.57. The SMILES string of the molecule is Oc1cccc(OC(c2ccccc2)c2ccccc2)c1C(c1ccccc1)c1ccccc1. The lowest BCUT2D eigenvalue weighted by Gasteiger charge is -2.26. The summed E-state index contributed by atoms with van der Waals surface area (Å²) in [6.07, 6.45) is -0.310. The number of benzene rings is 5. The summed E-state index contributed by atoms with van der Waals surface area (Å²) < 4.78 is 6.76. The molecule has 0 bridgehead atoms. The lowest BCUT2D eigenvalue weighted by Crippen LogP contribution is -2.13. The summed E-state index contributed by atoms with van der Waals surface area (Å²) in [5.41, 5.74) is 5.06. The van der Waals surface area contributed by atoms with Gasteiger partial charge in [-0.2, -0.15) is 0 Å². The minimum Gasteiger partial charge on any atom is -0.507 e. The van der Waals surface area contributed by atoms with E-state index in [9.17, 15) is 5.11 Å². The van der Waals surface area contributed by atoms with Crippen LogP contribution in [0.25, 0.3) is 0 Å². The lowest BCUT2D eigenvalue weighted by molar-refractivity contribution is 0.243. The molecule has 0 spiro atoms. The Bertz CT molecular complexity index is 1240. The Morgan fingerprint density at radius 1 is 0.441 bits per heavy atom. The van der Waals surface area contributed by atoms with E-state index in [0.29, 0.717) is 5.75 Å². The molecular weight excluding hydrogens is 416 g/mol. The van der Waals surface area contributed by atoms with Crippen molar-refractivity contribution in [3.8, 4) is 11.5 Å². The van der Waals surface area contributed by atoms with Crippen molar-refractivity contribution in [2.24, 2.45) is 0 Å². The summed E-state index contributed by atoms with van der Waals surface area (Å²) in [4.78, 5) is 0. The van der Waals surface area contributed by atoms with Crippen LogP contribution in [0.5, 0.6) is 11.5 Å². The first kappa shape index (κ1) is 21.5. The topological polar surface area (TPSA) is 29.5 Å². The Morgan fingerprint density at radius 2 is 0.853 bits per heavy atom. The highest BCUT2D eigenvalue weighted by Crippen LogP contribution is 2.44. The molecule has 34 heavy (non-hydrogen) atoms. The van der Waals surface area contributed by atoms with Crippen LogP contribution in [0.4, 0.5) is 0 Å². The van der Waals surface area contributed by atoms with Crippen molar-refractivity contribution < 1.29 is 9.84 Å². The standard InChI is InChI=1S/C32H26O2/c33-28-22-13-23-29(34-32(26-18-9-3-10-19-26)27-20-11-4-12-21-27)31(28)30(24-14-5-1-6-15-24)25-16-7-2-8-17-25/h1-23,30,32-33H. The quantitative estimate of drug-likeness (QED) is 0.261.